The molecule has 20 heavy (non-hydrogen) atoms. The molecule has 2 rings (SSSR count). The van der Waals surface area contributed by atoms with Crippen LogP contribution in [0.25, 0.3) is 0 Å². The molecule has 0 aliphatic carbocycles. The molecule has 6 heteroatoms. The second-order valence-corrected chi connectivity index (χ2v) is 5.68. The number of hydrogen-bond donors (Lipinski definition) is 0. The molecule has 0 bridgehead atoms. The highest BCUT2D eigenvalue weighted by Gasteiger charge is 2.13. The molecule has 0 amide bonds. The Labute approximate surface area is 123 Å². The summed E-state index contributed by atoms with van der Waals surface area (Å²) in [6.07, 6.45) is 2.97. The molecular formula is C14H20N4OS. The molecule has 0 N–H and O–H groups in total. The van der Waals surface area contributed by atoms with E-state index in [0.717, 1.165) is 30.3 Å². The van der Waals surface area contributed by atoms with Crippen LogP contribution in [0.3, 0.4) is 0 Å². The molecule has 0 spiro atoms. The Morgan fingerprint density at radius 3 is 2.70 bits per heavy atom. The third-order valence-corrected chi connectivity index (χ3v) is 3.70. The van der Waals surface area contributed by atoms with Crippen molar-refractivity contribution in [1.29, 1.82) is 0 Å². The predicted octanol–water partition coefficient (Wildman–Crippen LogP) is 2.39. The van der Waals surface area contributed by atoms with Crippen molar-refractivity contribution in [2.45, 2.75) is 25.8 Å². The van der Waals surface area contributed by atoms with Crippen molar-refractivity contribution >= 4 is 11.8 Å². The average molecular weight is 292 g/mol. The first-order valence-electron chi connectivity index (χ1n) is 6.62. The largest absolute Gasteiger partial charge is 0.497 e. The Morgan fingerprint density at radius 2 is 2.05 bits per heavy atom. The molecule has 0 unspecified atom stereocenters. The summed E-state index contributed by atoms with van der Waals surface area (Å²) in [7, 11) is 1.68. The van der Waals surface area contributed by atoms with Crippen molar-refractivity contribution in [3.63, 3.8) is 0 Å². The SMILES string of the molecule is COc1ccc(C[C@H](C)c2nnn(CCSC)n2)cc1. The quantitative estimate of drug-likeness (QED) is 0.784. The first-order chi connectivity index (χ1) is 9.72. The normalized spacial score (nSPS) is 12.3. The van der Waals surface area contributed by atoms with Crippen molar-refractivity contribution in [2.24, 2.45) is 0 Å². The zero-order valence-electron chi connectivity index (χ0n) is 12.1. The van der Waals surface area contributed by atoms with Gasteiger partial charge in [0.15, 0.2) is 5.82 Å². The molecule has 0 aliphatic rings. The Hall–Kier alpha value is -1.56. The van der Waals surface area contributed by atoms with Crippen molar-refractivity contribution in [1.82, 2.24) is 20.2 Å². The Balaban J connectivity index is 1.96. The van der Waals surface area contributed by atoms with Gasteiger partial charge < -0.3 is 4.74 Å². The minimum absolute atomic E-state index is 0.256. The van der Waals surface area contributed by atoms with Crippen LogP contribution in [0.1, 0.15) is 24.2 Å². The highest BCUT2D eigenvalue weighted by molar-refractivity contribution is 7.98. The summed E-state index contributed by atoms with van der Waals surface area (Å²) in [6, 6.07) is 8.11. The van der Waals surface area contributed by atoms with Gasteiger partial charge in [-0.1, -0.05) is 19.1 Å². The van der Waals surface area contributed by atoms with Gasteiger partial charge in [-0.25, -0.2) is 0 Å². The molecule has 1 atom stereocenters. The van der Waals surface area contributed by atoms with Crippen LogP contribution in [0.5, 0.6) is 5.75 Å². The van der Waals surface area contributed by atoms with Gasteiger partial charge in [0, 0.05) is 11.7 Å². The molecule has 5 nitrogen and oxygen atoms in total. The maximum atomic E-state index is 5.16. The van der Waals surface area contributed by atoms with E-state index in [4.69, 9.17) is 4.74 Å². The van der Waals surface area contributed by atoms with Crippen LogP contribution in [0.2, 0.25) is 0 Å². The van der Waals surface area contributed by atoms with Crippen LogP contribution in [-0.2, 0) is 13.0 Å². The topological polar surface area (TPSA) is 52.8 Å². The van der Waals surface area contributed by atoms with Gasteiger partial charge in [-0.05, 0) is 35.6 Å². The fourth-order valence-electron chi connectivity index (χ4n) is 1.93. The van der Waals surface area contributed by atoms with E-state index in [1.54, 1.807) is 23.7 Å². The van der Waals surface area contributed by atoms with Crippen LogP contribution in [0.15, 0.2) is 24.3 Å². The molecule has 0 saturated carbocycles. The predicted molar refractivity (Wildman–Crippen MR) is 81.3 cm³/mol. The van der Waals surface area contributed by atoms with Gasteiger partial charge in [0.1, 0.15) is 5.75 Å². The number of aryl methyl sites for hydroxylation is 1. The maximum absolute atomic E-state index is 5.16. The van der Waals surface area contributed by atoms with E-state index in [1.807, 2.05) is 12.1 Å². The number of nitrogens with zero attached hydrogens (tertiary/aromatic N) is 4. The van der Waals surface area contributed by atoms with Crippen LogP contribution in [0, 0.1) is 0 Å². The highest BCUT2D eigenvalue weighted by Crippen LogP contribution is 2.19. The van der Waals surface area contributed by atoms with Crippen molar-refractivity contribution in [2.75, 3.05) is 19.1 Å². The van der Waals surface area contributed by atoms with Gasteiger partial charge in [-0.3, -0.25) is 0 Å². The molecule has 0 fully saturated rings. The van der Waals surface area contributed by atoms with Gasteiger partial charge in [-0.15, -0.1) is 10.2 Å². The molecule has 0 radical (unpaired) electrons. The number of benzene rings is 1. The Kier molecular flexibility index (Phi) is 5.40. The zero-order chi connectivity index (χ0) is 14.4. The summed E-state index contributed by atoms with van der Waals surface area (Å²) in [5, 5.41) is 12.7. The molecule has 2 aromatic rings. The summed E-state index contributed by atoms with van der Waals surface area (Å²) in [6.45, 7) is 2.93. The van der Waals surface area contributed by atoms with E-state index in [-0.39, 0.29) is 5.92 Å². The summed E-state index contributed by atoms with van der Waals surface area (Å²) in [5.74, 6) is 2.94. The van der Waals surface area contributed by atoms with Crippen LogP contribution >= 0.6 is 11.8 Å². The van der Waals surface area contributed by atoms with E-state index >= 15 is 0 Å². The van der Waals surface area contributed by atoms with E-state index in [0.29, 0.717) is 0 Å². The third-order valence-electron chi connectivity index (χ3n) is 3.11. The number of hydrogen-bond acceptors (Lipinski definition) is 5. The molecule has 1 heterocycles. The van der Waals surface area contributed by atoms with E-state index in [2.05, 4.69) is 40.7 Å². The molecule has 0 aliphatic heterocycles. The van der Waals surface area contributed by atoms with Gasteiger partial charge >= 0.3 is 0 Å². The smallest absolute Gasteiger partial charge is 0.177 e. The summed E-state index contributed by atoms with van der Waals surface area (Å²) < 4.78 is 5.16. The van der Waals surface area contributed by atoms with E-state index in [1.165, 1.54) is 5.56 Å². The molecule has 1 aromatic heterocycles. The van der Waals surface area contributed by atoms with Crippen LogP contribution in [-0.4, -0.2) is 39.3 Å². The number of tetrazole rings is 1. The zero-order valence-corrected chi connectivity index (χ0v) is 12.9. The van der Waals surface area contributed by atoms with Gasteiger partial charge in [0.25, 0.3) is 0 Å². The number of thioether (sulfide) groups is 1. The lowest BCUT2D eigenvalue weighted by Crippen LogP contribution is -2.06. The molecule has 0 saturated heterocycles. The highest BCUT2D eigenvalue weighted by atomic mass is 32.2. The average Bonchev–Trinajstić information content (AvgIpc) is 2.95. The van der Waals surface area contributed by atoms with Crippen molar-refractivity contribution in [3.8, 4) is 5.75 Å². The van der Waals surface area contributed by atoms with Crippen molar-refractivity contribution < 1.29 is 4.74 Å². The minimum atomic E-state index is 0.256. The Bertz CT molecular complexity index is 526. The maximum Gasteiger partial charge on any atom is 0.177 e. The van der Waals surface area contributed by atoms with Gasteiger partial charge in [0.05, 0.1) is 13.7 Å². The molecule has 1 aromatic carbocycles. The summed E-state index contributed by atoms with van der Waals surface area (Å²) >= 11 is 1.78. The van der Waals surface area contributed by atoms with E-state index in [9.17, 15) is 0 Å². The van der Waals surface area contributed by atoms with Gasteiger partial charge in [0.2, 0.25) is 0 Å². The second-order valence-electron chi connectivity index (χ2n) is 4.69. The summed E-state index contributed by atoms with van der Waals surface area (Å²) in [4.78, 5) is 1.68. The van der Waals surface area contributed by atoms with Crippen LogP contribution in [0.4, 0.5) is 0 Å². The van der Waals surface area contributed by atoms with Crippen LogP contribution < -0.4 is 4.74 Å². The fraction of sp³-hybridized carbons (Fsp3) is 0.500. The standard InChI is InChI=1S/C14H20N4OS/c1-11(10-12-4-6-13(19-2)7-5-12)14-15-17-18(16-14)8-9-20-3/h4-7,11H,8-10H2,1-3H3/t11-/m0/s1. The molecular weight excluding hydrogens is 272 g/mol. The first-order valence-corrected chi connectivity index (χ1v) is 8.02. The molecule has 108 valence electrons. The number of methoxy groups -OCH3 is 1. The number of aromatic nitrogens is 4. The van der Waals surface area contributed by atoms with Crippen molar-refractivity contribution in [3.05, 3.63) is 35.7 Å². The number of rotatable bonds is 7. The summed E-state index contributed by atoms with van der Waals surface area (Å²) in [5.41, 5.74) is 1.25. The third kappa shape index (κ3) is 3.96. The fourth-order valence-corrected chi connectivity index (χ4v) is 2.27. The lowest BCUT2D eigenvalue weighted by atomic mass is 10.0. The lowest BCUT2D eigenvalue weighted by molar-refractivity contribution is 0.414. The van der Waals surface area contributed by atoms with Gasteiger partial charge in [-0.2, -0.15) is 16.6 Å². The van der Waals surface area contributed by atoms with E-state index < -0.39 is 0 Å². The monoisotopic (exact) mass is 292 g/mol. The lowest BCUT2D eigenvalue weighted by Gasteiger charge is -2.07. The number of ether oxygens (including phenoxy) is 1. The second kappa shape index (κ2) is 7.28. The minimum Gasteiger partial charge on any atom is -0.497 e. The first kappa shape index (κ1) is 14.8. The Morgan fingerprint density at radius 1 is 1.30 bits per heavy atom.